The molecule has 4 N–H and O–H groups in total. The van der Waals surface area contributed by atoms with Crippen molar-refractivity contribution in [2.45, 2.75) is 6.36 Å². The number of hydrogen-bond acceptors (Lipinski definition) is 8. The number of methoxy groups -OCH3 is 1. The summed E-state index contributed by atoms with van der Waals surface area (Å²) in [7, 11) is 2.87. The summed E-state index contributed by atoms with van der Waals surface area (Å²) in [5.74, 6) is -2.18. The highest BCUT2D eigenvalue weighted by Crippen LogP contribution is 2.39. The van der Waals surface area contributed by atoms with Crippen molar-refractivity contribution in [2.75, 3.05) is 19.5 Å². The van der Waals surface area contributed by atoms with Crippen LogP contribution in [-0.4, -0.2) is 43.3 Å². The van der Waals surface area contributed by atoms with Crippen LogP contribution in [0.1, 0.15) is 20.7 Å². The number of guanidine groups is 1. The monoisotopic (exact) mass is 472 g/mol. The second-order valence-electron chi connectivity index (χ2n) is 6.17. The van der Waals surface area contributed by atoms with Gasteiger partial charge in [0.25, 0.3) is 11.8 Å². The fraction of sp³-hybridized carbons (Fsp3) is 0.167. The smallest absolute Gasteiger partial charge is 0.496 e. The number of benzene rings is 2. The molecule has 0 aliphatic carbocycles. The number of nitrogens with zero attached hydrogens (tertiary/aromatic N) is 2. The molecule has 2 aromatic rings. The number of para-hydroxylation sites is 1. The van der Waals surface area contributed by atoms with Gasteiger partial charge >= 0.3 is 6.36 Å². The van der Waals surface area contributed by atoms with Gasteiger partial charge in [0.2, 0.25) is 5.96 Å². The van der Waals surface area contributed by atoms with Gasteiger partial charge in [-0.05, 0) is 24.3 Å². The Bertz CT molecular complexity index is 1080. The van der Waals surface area contributed by atoms with Gasteiger partial charge < -0.3 is 14.8 Å². The molecule has 0 saturated heterocycles. The molecule has 3 rings (SSSR count). The molecule has 2 aromatic carbocycles. The quantitative estimate of drug-likeness (QED) is 0.528. The minimum atomic E-state index is -5.07. The molecular formula is C18H16ClF3N6O4. The van der Waals surface area contributed by atoms with Gasteiger partial charge in [-0.15, -0.1) is 23.8 Å². The maximum atomic E-state index is 12.9. The fourth-order valence-electron chi connectivity index (χ4n) is 2.63. The van der Waals surface area contributed by atoms with Crippen molar-refractivity contribution in [2.24, 2.45) is 5.10 Å². The summed E-state index contributed by atoms with van der Waals surface area (Å²) in [6.45, 7) is 0. The summed E-state index contributed by atoms with van der Waals surface area (Å²) < 4.78 is 47.7. The van der Waals surface area contributed by atoms with Crippen LogP contribution in [0, 0.1) is 0 Å². The van der Waals surface area contributed by atoms with Crippen LogP contribution in [0.2, 0.25) is 5.02 Å². The second kappa shape index (κ2) is 9.20. The zero-order chi connectivity index (χ0) is 23.5. The largest absolute Gasteiger partial charge is 0.573 e. The fourth-order valence-corrected chi connectivity index (χ4v) is 2.92. The van der Waals surface area contributed by atoms with E-state index in [-0.39, 0.29) is 22.8 Å². The highest BCUT2D eigenvalue weighted by molar-refractivity contribution is 6.37. The normalized spacial score (nSPS) is 13.2. The van der Waals surface area contributed by atoms with E-state index >= 15 is 0 Å². The summed E-state index contributed by atoms with van der Waals surface area (Å²) in [5.41, 5.74) is 4.20. The lowest BCUT2D eigenvalue weighted by Crippen LogP contribution is -2.45. The van der Waals surface area contributed by atoms with E-state index in [4.69, 9.17) is 16.3 Å². The lowest BCUT2D eigenvalue weighted by atomic mass is 10.1. The summed E-state index contributed by atoms with van der Waals surface area (Å²) in [6.07, 6.45) is -5.07. The van der Waals surface area contributed by atoms with E-state index in [9.17, 15) is 22.8 Å². The first-order valence-corrected chi connectivity index (χ1v) is 9.14. The zero-order valence-corrected chi connectivity index (χ0v) is 17.3. The van der Waals surface area contributed by atoms with Crippen LogP contribution < -0.4 is 31.2 Å². The van der Waals surface area contributed by atoms with Gasteiger partial charge in [0, 0.05) is 7.05 Å². The van der Waals surface area contributed by atoms with Gasteiger partial charge in [0.15, 0.2) is 5.75 Å². The molecule has 0 fully saturated rings. The lowest BCUT2D eigenvalue weighted by Gasteiger charge is -2.18. The number of rotatable bonds is 5. The van der Waals surface area contributed by atoms with Gasteiger partial charge in [-0.1, -0.05) is 23.7 Å². The molecule has 1 aliphatic rings. The number of anilines is 1. The Kier molecular flexibility index (Phi) is 6.60. The van der Waals surface area contributed by atoms with Gasteiger partial charge in [-0.25, -0.2) is 5.53 Å². The molecule has 0 atom stereocenters. The minimum Gasteiger partial charge on any atom is -0.496 e. The molecule has 10 nitrogen and oxygen atoms in total. The van der Waals surface area contributed by atoms with Gasteiger partial charge in [-0.3, -0.25) is 19.9 Å². The Hall–Kier alpha value is -3.71. The van der Waals surface area contributed by atoms with Crippen LogP contribution >= 0.6 is 11.6 Å². The van der Waals surface area contributed by atoms with Crippen molar-refractivity contribution in [3.63, 3.8) is 0 Å². The van der Waals surface area contributed by atoms with Gasteiger partial charge in [-0.2, -0.15) is 0 Å². The van der Waals surface area contributed by atoms with E-state index in [2.05, 4.69) is 31.5 Å². The molecule has 1 aliphatic heterocycles. The van der Waals surface area contributed by atoms with Crippen molar-refractivity contribution >= 4 is 35.1 Å². The first-order valence-electron chi connectivity index (χ1n) is 8.76. The molecule has 0 saturated carbocycles. The Morgan fingerprint density at radius 3 is 2.38 bits per heavy atom. The number of halogens is 4. The second-order valence-corrected chi connectivity index (χ2v) is 6.55. The number of carbonyl (C=O) groups is 2. The highest BCUT2D eigenvalue weighted by atomic mass is 35.5. The number of carbonyl (C=O) groups excluding carboxylic acids is 2. The topological polar surface area (TPSA) is 116 Å². The predicted octanol–water partition coefficient (Wildman–Crippen LogP) is 2.45. The van der Waals surface area contributed by atoms with Crippen LogP contribution in [0.25, 0.3) is 0 Å². The highest BCUT2D eigenvalue weighted by Gasteiger charge is 2.34. The molecule has 32 heavy (non-hydrogen) atoms. The van der Waals surface area contributed by atoms with Crippen LogP contribution in [0.4, 0.5) is 18.9 Å². The Morgan fingerprint density at radius 2 is 1.75 bits per heavy atom. The number of hydrogen-bond donors (Lipinski definition) is 4. The van der Waals surface area contributed by atoms with Crippen LogP contribution in [0.15, 0.2) is 41.5 Å². The van der Waals surface area contributed by atoms with Crippen LogP contribution in [-0.2, 0) is 0 Å². The number of amides is 2. The zero-order valence-electron chi connectivity index (χ0n) is 16.5. The maximum absolute atomic E-state index is 12.9. The maximum Gasteiger partial charge on any atom is 0.573 e. The molecule has 170 valence electrons. The molecule has 2 amide bonds. The third-order valence-corrected chi connectivity index (χ3v) is 4.48. The molecule has 0 bridgehead atoms. The SMILES string of the molecule is COc1ccccc1C(=O)Nc1c(OC(F)(F)F)ccc(C(=O)NC2=NNNN2C)c1Cl. The average Bonchev–Trinajstić information content (AvgIpc) is 3.13. The van der Waals surface area contributed by atoms with Gasteiger partial charge in [0.05, 0.1) is 23.3 Å². The van der Waals surface area contributed by atoms with Crippen LogP contribution in [0.5, 0.6) is 11.5 Å². The number of hydrazone groups is 1. The molecule has 1 heterocycles. The van der Waals surface area contributed by atoms with Crippen molar-refractivity contribution in [1.29, 1.82) is 0 Å². The third-order valence-electron chi connectivity index (χ3n) is 4.09. The first-order chi connectivity index (χ1) is 15.1. The molecular weight excluding hydrogens is 457 g/mol. The molecule has 0 spiro atoms. The van der Waals surface area contributed by atoms with E-state index < -0.39 is 34.6 Å². The number of nitrogens with one attached hydrogen (secondary N) is 4. The Balaban J connectivity index is 1.98. The summed E-state index contributed by atoms with van der Waals surface area (Å²) in [6, 6.07) is 7.93. The molecule has 0 unspecified atom stereocenters. The summed E-state index contributed by atoms with van der Waals surface area (Å²) >= 11 is 6.23. The van der Waals surface area contributed by atoms with E-state index in [0.717, 1.165) is 12.1 Å². The molecule has 0 radical (unpaired) electrons. The summed E-state index contributed by atoms with van der Waals surface area (Å²) in [4.78, 5) is 25.4. The van der Waals surface area contributed by atoms with E-state index in [1.165, 1.54) is 30.3 Å². The summed E-state index contributed by atoms with van der Waals surface area (Å²) in [5, 5.41) is 9.29. The Labute approximate surface area is 184 Å². The average molecular weight is 473 g/mol. The van der Waals surface area contributed by atoms with Crippen LogP contribution in [0.3, 0.4) is 0 Å². The van der Waals surface area contributed by atoms with E-state index in [1.54, 1.807) is 13.1 Å². The predicted molar refractivity (Wildman–Crippen MR) is 108 cm³/mol. The van der Waals surface area contributed by atoms with Crippen molar-refractivity contribution < 1.29 is 32.2 Å². The third kappa shape index (κ3) is 5.12. The molecule has 0 aromatic heterocycles. The van der Waals surface area contributed by atoms with Crippen molar-refractivity contribution in [3.05, 3.63) is 52.5 Å². The van der Waals surface area contributed by atoms with E-state index in [0.29, 0.717) is 0 Å². The number of hydrazine groups is 2. The van der Waals surface area contributed by atoms with Crippen molar-refractivity contribution in [3.8, 4) is 11.5 Å². The molecule has 14 heteroatoms. The first kappa shape index (κ1) is 23.0. The van der Waals surface area contributed by atoms with Gasteiger partial charge in [0.1, 0.15) is 11.4 Å². The van der Waals surface area contributed by atoms with E-state index in [1.807, 2.05) is 0 Å². The number of ether oxygens (including phenoxy) is 2. The minimum absolute atomic E-state index is 0.0259. The Morgan fingerprint density at radius 1 is 1.06 bits per heavy atom. The number of alkyl halides is 3. The standard InChI is InChI=1S/C18H16ClF3N6O4/c1-28-17(25-26-27-28)24-16(30)10-7-8-12(32-18(20,21)22)14(13(10)19)23-15(29)9-5-3-4-6-11(9)31-2/h3-8,26-27H,1-2H3,(H,23,29)(H,24,25,30). The van der Waals surface area contributed by atoms with Crippen molar-refractivity contribution in [1.82, 2.24) is 21.4 Å². The lowest BCUT2D eigenvalue weighted by molar-refractivity contribution is -0.274.